The van der Waals surface area contributed by atoms with Crippen LogP contribution in [0.3, 0.4) is 0 Å². The third kappa shape index (κ3) is 6.32. The van der Waals surface area contributed by atoms with Crippen LogP contribution in [0.25, 0.3) is 5.69 Å². The van der Waals surface area contributed by atoms with Crippen LogP contribution < -0.4 is 15.5 Å². The van der Waals surface area contributed by atoms with E-state index in [-0.39, 0.29) is 23.6 Å². The van der Waals surface area contributed by atoms with Crippen molar-refractivity contribution in [3.05, 3.63) is 113 Å². The average Bonchev–Trinajstić information content (AvgIpc) is 3.42. The van der Waals surface area contributed by atoms with Gasteiger partial charge in [0.05, 0.1) is 23.0 Å². The van der Waals surface area contributed by atoms with E-state index in [4.69, 9.17) is 16.7 Å². The number of para-hydroxylation sites is 1. The molecular weight excluding hydrogens is 633 g/mol. The molecule has 0 saturated carbocycles. The van der Waals surface area contributed by atoms with E-state index in [2.05, 4.69) is 10.6 Å². The van der Waals surface area contributed by atoms with Crippen LogP contribution in [-0.4, -0.2) is 45.7 Å². The number of halogens is 6. The Bertz CT molecular complexity index is 1760. The Kier molecular flexibility index (Phi) is 9.15. The maximum atomic E-state index is 14.3. The third-order valence-corrected chi connectivity index (χ3v) is 7.81. The number of carbonyl (C=O) groups is 3. The van der Waals surface area contributed by atoms with Gasteiger partial charge in [-0.05, 0) is 61.9 Å². The average molecular weight is 660 g/mol. The van der Waals surface area contributed by atoms with E-state index in [0.717, 1.165) is 24.3 Å². The van der Waals surface area contributed by atoms with Crippen molar-refractivity contribution in [3.63, 3.8) is 0 Å². The zero-order valence-electron chi connectivity index (χ0n) is 24.4. The van der Waals surface area contributed by atoms with Crippen LogP contribution in [0.15, 0.2) is 78.9 Å². The van der Waals surface area contributed by atoms with E-state index < -0.39 is 58.9 Å². The fourth-order valence-corrected chi connectivity index (χ4v) is 5.60. The number of nitrogens with one attached hydrogen (secondary N) is 2. The first-order valence-corrected chi connectivity index (χ1v) is 14.6. The smallest absolute Gasteiger partial charge is 0.344 e. The summed E-state index contributed by atoms with van der Waals surface area (Å²) in [6, 6.07) is 15.2. The third-order valence-electron chi connectivity index (χ3n) is 7.61. The Morgan fingerprint density at radius 1 is 1.02 bits per heavy atom. The molecule has 5 rings (SSSR count). The first-order valence-electron chi connectivity index (χ1n) is 14.1. The molecule has 0 radical (unpaired) electrons. The van der Waals surface area contributed by atoms with Gasteiger partial charge in [-0.2, -0.15) is 18.3 Å². The molecule has 0 bridgehead atoms. The number of rotatable bonds is 8. The highest BCUT2D eigenvalue weighted by Crippen LogP contribution is 2.45. The molecule has 8 nitrogen and oxygen atoms in total. The topological polar surface area (TPSA) is 96.3 Å². The molecule has 0 fully saturated rings. The van der Waals surface area contributed by atoms with Gasteiger partial charge in [0.25, 0.3) is 23.4 Å². The van der Waals surface area contributed by atoms with Crippen molar-refractivity contribution in [2.75, 3.05) is 11.4 Å². The van der Waals surface area contributed by atoms with E-state index in [1.165, 1.54) is 34.7 Å². The van der Waals surface area contributed by atoms with E-state index in [1.807, 2.05) is 0 Å². The van der Waals surface area contributed by atoms with Gasteiger partial charge < -0.3 is 10.6 Å². The molecule has 46 heavy (non-hydrogen) atoms. The highest BCUT2D eigenvalue weighted by molar-refractivity contribution is 6.29. The first kappa shape index (κ1) is 32.6. The van der Waals surface area contributed by atoms with Crippen LogP contribution in [0.1, 0.15) is 58.5 Å². The summed E-state index contributed by atoms with van der Waals surface area (Å²) in [4.78, 5) is 41.4. The second-order valence-electron chi connectivity index (χ2n) is 10.5. The van der Waals surface area contributed by atoms with Gasteiger partial charge in [-0.25, -0.2) is 13.5 Å². The first-order chi connectivity index (χ1) is 21.8. The molecule has 4 unspecified atom stereocenters. The Morgan fingerprint density at radius 2 is 1.70 bits per heavy atom. The Labute approximate surface area is 265 Å². The molecule has 4 atom stereocenters. The quantitative estimate of drug-likeness (QED) is 0.178. The van der Waals surface area contributed by atoms with Gasteiger partial charge in [0.2, 0.25) is 0 Å². The van der Waals surface area contributed by atoms with Crippen molar-refractivity contribution in [1.82, 2.24) is 20.4 Å². The number of hydrogen-bond donors (Lipinski definition) is 2. The minimum Gasteiger partial charge on any atom is -0.344 e. The number of hydrogen-bond acceptors (Lipinski definition) is 4. The molecule has 2 N–H and O–H groups in total. The number of nitrogens with zero attached hydrogens (tertiary/aromatic N) is 3. The number of anilines is 1. The summed E-state index contributed by atoms with van der Waals surface area (Å²) < 4.78 is 69.6. The molecule has 0 saturated heterocycles. The van der Waals surface area contributed by atoms with Crippen molar-refractivity contribution in [2.45, 2.75) is 43.7 Å². The molecule has 3 amide bonds. The molecule has 2 heterocycles. The van der Waals surface area contributed by atoms with E-state index in [0.29, 0.717) is 22.9 Å². The van der Waals surface area contributed by atoms with Gasteiger partial charge in [-0.1, -0.05) is 48.0 Å². The maximum Gasteiger partial charge on any atom is 0.416 e. The molecule has 0 spiro atoms. The lowest BCUT2D eigenvalue weighted by Crippen LogP contribution is -2.55. The lowest BCUT2D eigenvalue weighted by molar-refractivity contribution is -0.137. The number of fused-ring (bicyclic) bond motifs is 1. The number of alkyl halides is 5. The zero-order valence-corrected chi connectivity index (χ0v) is 25.1. The van der Waals surface area contributed by atoms with E-state index in [9.17, 15) is 36.3 Å². The maximum absolute atomic E-state index is 14.3. The minimum absolute atomic E-state index is 0.0742. The molecule has 0 aliphatic carbocycles. The summed E-state index contributed by atoms with van der Waals surface area (Å²) in [5, 5.41) is 9.81. The molecule has 1 aliphatic rings. The highest BCUT2D eigenvalue weighted by Gasteiger charge is 2.47. The lowest BCUT2D eigenvalue weighted by Gasteiger charge is -2.39. The van der Waals surface area contributed by atoms with Crippen LogP contribution in [0.2, 0.25) is 0 Å². The van der Waals surface area contributed by atoms with Crippen molar-refractivity contribution in [1.29, 1.82) is 0 Å². The summed E-state index contributed by atoms with van der Waals surface area (Å²) >= 11 is 5.38. The Morgan fingerprint density at radius 3 is 2.30 bits per heavy atom. The van der Waals surface area contributed by atoms with Crippen molar-refractivity contribution >= 4 is 35.1 Å². The van der Waals surface area contributed by atoms with E-state index in [1.54, 1.807) is 37.3 Å². The predicted octanol–water partition coefficient (Wildman–Crippen LogP) is 6.04. The highest BCUT2D eigenvalue weighted by atomic mass is 35.5. The summed E-state index contributed by atoms with van der Waals surface area (Å²) in [6.07, 6.45) is -4.72. The van der Waals surface area contributed by atoms with Gasteiger partial charge in [-0.3, -0.25) is 19.3 Å². The lowest BCUT2D eigenvalue weighted by atomic mass is 9.80. The largest absolute Gasteiger partial charge is 0.416 e. The van der Waals surface area contributed by atoms with Crippen LogP contribution in [-0.2, 0) is 15.8 Å². The number of carbonyl (C=O) groups excluding carboxylic acids is 3. The minimum atomic E-state index is -4.72. The van der Waals surface area contributed by atoms with Gasteiger partial charge in [0.1, 0.15) is 17.7 Å². The molecule has 14 heteroatoms. The fourth-order valence-electron chi connectivity index (χ4n) is 5.53. The summed E-state index contributed by atoms with van der Waals surface area (Å²) in [5.74, 6) is -4.10. The molecule has 1 aliphatic heterocycles. The van der Waals surface area contributed by atoms with Gasteiger partial charge in [0.15, 0.2) is 0 Å². The van der Waals surface area contributed by atoms with Crippen LogP contribution in [0.4, 0.5) is 27.8 Å². The molecule has 1 aromatic heterocycles. The fraction of sp³-hybridized carbons (Fsp3) is 0.250. The van der Waals surface area contributed by atoms with Gasteiger partial charge in [-0.15, -0.1) is 0 Å². The number of amides is 3. The van der Waals surface area contributed by atoms with E-state index >= 15 is 0 Å². The second-order valence-corrected chi connectivity index (χ2v) is 10.9. The Hall–Kier alpha value is -4.78. The summed E-state index contributed by atoms with van der Waals surface area (Å²) in [7, 11) is 0. The molecular formula is C32H27ClF5N5O3. The number of benzene rings is 3. The van der Waals surface area contributed by atoms with Crippen LogP contribution in [0, 0.1) is 5.82 Å². The van der Waals surface area contributed by atoms with Gasteiger partial charge in [0, 0.05) is 23.6 Å². The molecule has 240 valence electrons. The standard InChI is InChI=1S/C32H27ClF5N5O3/c1-3-42-30-24(25(17(2)39-29(45)27(33)35)41-43(30)22-10-5-4-6-11-22)23(18-12-14-21(34)15-13-18)26(31(42)46)40-28(44)19-8-7-9-20(16-19)32(36,37)38/h4-17,23,26-27H,3H2,1-2H3,(H,39,45)(H,40,44). The number of aromatic nitrogens is 2. The summed E-state index contributed by atoms with van der Waals surface area (Å²) in [5.41, 5.74) is -2.35. The van der Waals surface area contributed by atoms with Crippen molar-refractivity contribution in [2.24, 2.45) is 0 Å². The molecule has 4 aromatic rings. The summed E-state index contributed by atoms with van der Waals surface area (Å²) in [6.45, 7) is 3.28. The van der Waals surface area contributed by atoms with Crippen molar-refractivity contribution < 1.29 is 36.3 Å². The van der Waals surface area contributed by atoms with Crippen LogP contribution >= 0.6 is 11.6 Å². The predicted molar refractivity (Wildman–Crippen MR) is 160 cm³/mol. The number of likely N-dealkylation sites (N-methyl/N-ethyl adjacent to an activating group) is 1. The molecule has 3 aromatic carbocycles. The van der Waals surface area contributed by atoms with Crippen molar-refractivity contribution in [3.8, 4) is 5.69 Å². The monoisotopic (exact) mass is 659 g/mol. The Balaban J connectivity index is 1.73. The second kappa shape index (κ2) is 12.9. The van der Waals surface area contributed by atoms with Crippen LogP contribution in [0.5, 0.6) is 0 Å². The zero-order chi connectivity index (χ0) is 33.3. The SMILES string of the molecule is CCN1C(=O)C(NC(=O)c2cccc(C(F)(F)F)c2)C(c2ccc(F)cc2)c2c(C(C)NC(=O)C(F)Cl)nn(-c3ccccc3)c21. The normalized spacial score (nSPS) is 17.7. The van der Waals surface area contributed by atoms with Gasteiger partial charge >= 0.3 is 6.18 Å².